The molecule has 160 valence electrons. The van der Waals surface area contributed by atoms with Crippen molar-refractivity contribution in [1.82, 2.24) is 24.7 Å². The summed E-state index contributed by atoms with van der Waals surface area (Å²) in [7, 11) is 2.51. The lowest BCUT2D eigenvalue weighted by Crippen LogP contribution is -2.44. The molecule has 13 heteroatoms. The average Bonchev–Trinajstić information content (AvgIpc) is 3.22. The van der Waals surface area contributed by atoms with Gasteiger partial charge >= 0.3 is 5.97 Å². The van der Waals surface area contributed by atoms with Crippen LogP contribution in [0.3, 0.4) is 0 Å². The van der Waals surface area contributed by atoms with Crippen molar-refractivity contribution < 1.29 is 33.4 Å². The Labute approximate surface area is 165 Å². The molecule has 0 radical (unpaired) electrons. The van der Waals surface area contributed by atoms with Gasteiger partial charge in [0, 0.05) is 0 Å². The molecule has 0 spiro atoms. The van der Waals surface area contributed by atoms with E-state index in [0.29, 0.717) is 5.52 Å². The number of carbonyl (C=O) groups excluding carboxylic acids is 1. The number of aromatic nitrogens is 4. The van der Waals surface area contributed by atoms with Gasteiger partial charge in [-0.15, -0.1) is 0 Å². The Balaban J connectivity index is 1.78. The molecule has 3 N–H and O–H groups in total. The van der Waals surface area contributed by atoms with Crippen LogP contribution in [-0.4, -0.2) is 80.6 Å². The standard InChI is InChI=1S/C16H23FN6O6/c1-8(14(25)26-3)23(27-4)28-5-9-11(24)16(2,17)15(29-9)22-7-21-10-12(18)19-6-20-13(10)22/h6-9,11,15,24H,5H2,1-4H3,(H2,18,19,20)/t8-,9+,11+,15+,16+/m0/s1. The summed E-state index contributed by atoms with van der Waals surface area (Å²) in [6.45, 7) is 2.39. The highest BCUT2D eigenvalue weighted by molar-refractivity contribution is 5.81. The largest absolute Gasteiger partial charge is 0.468 e. The second kappa shape index (κ2) is 8.12. The minimum absolute atomic E-state index is 0.139. The summed E-state index contributed by atoms with van der Waals surface area (Å²) in [5, 5.41) is 11.4. The number of methoxy groups -OCH3 is 1. The average molecular weight is 414 g/mol. The first-order chi connectivity index (χ1) is 13.7. The van der Waals surface area contributed by atoms with Gasteiger partial charge in [-0.3, -0.25) is 19.0 Å². The van der Waals surface area contributed by atoms with Crippen LogP contribution < -0.4 is 5.73 Å². The van der Waals surface area contributed by atoms with Crippen LogP contribution in [0.2, 0.25) is 0 Å². The lowest BCUT2D eigenvalue weighted by molar-refractivity contribution is -0.377. The van der Waals surface area contributed by atoms with Gasteiger partial charge in [-0.05, 0) is 13.8 Å². The molecule has 0 saturated carbocycles. The van der Waals surface area contributed by atoms with E-state index < -0.39 is 36.1 Å². The van der Waals surface area contributed by atoms with Crippen LogP contribution >= 0.6 is 0 Å². The number of esters is 1. The van der Waals surface area contributed by atoms with Crippen LogP contribution in [-0.2, 0) is 23.9 Å². The van der Waals surface area contributed by atoms with Gasteiger partial charge in [0.25, 0.3) is 0 Å². The highest BCUT2D eigenvalue weighted by Gasteiger charge is 2.55. The Morgan fingerprint density at radius 1 is 1.48 bits per heavy atom. The van der Waals surface area contributed by atoms with Crippen LogP contribution in [0.25, 0.3) is 11.2 Å². The third kappa shape index (κ3) is 3.74. The van der Waals surface area contributed by atoms with Crippen molar-refractivity contribution in [2.45, 2.75) is 44.0 Å². The molecule has 3 heterocycles. The van der Waals surface area contributed by atoms with Gasteiger partial charge in [-0.25, -0.2) is 19.3 Å². The first-order valence-electron chi connectivity index (χ1n) is 8.71. The van der Waals surface area contributed by atoms with E-state index in [0.717, 1.165) is 5.23 Å². The number of aliphatic hydroxyl groups excluding tert-OH is 1. The topological polar surface area (TPSA) is 147 Å². The van der Waals surface area contributed by atoms with Crippen molar-refractivity contribution in [1.29, 1.82) is 0 Å². The summed E-state index contributed by atoms with van der Waals surface area (Å²) < 4.78 is 27.1. The monoisotopic (exact) mass is 414 g/mol. The lowest BCUT2D eigenvalue weighted by Gasteiger charge is -2.26. The summed E-state index contributed by atoms with van der Waals surface area (Å²) in [4.78, 5) is 34.0. The molecule has 3 rings (SSSR count). The van der Waals surface area contributed by atoms with Gasteiger partial charge in [0.05, 0.1) is 20.5 Å². The maximum Gasteiger partial charge on any atom is 0.327 e. The number of aliphatic hydroxyl groups is 1. The number of hydrogen-bond donors (Lipinski definition) is 2. The van der Waals surface area contributed by atoms with Crippen LogP contribution in [0.15, 0.2) is 12.7 Å². The molecular weight excluding hydrogens is 391 g/mol. The van der Waals surface area contributed by atoms with Gasteiger partial charge in [0.15, 0.2) is 29.4 Å². The second-order valence-electron chi connectivity index (χ2n) is 6.67. The molecule has 0 aliphatic carbocycles. The van der Waals surface area contributed by atoms with Crippen molar-refractivity contribution in [2.75, 3.05) is 26.6 Å². The number of rotatable bonds is 7. The van der Waals surface area contributed by atoms with Crippen LogP contribution in [0, 0.1) is 0 Å². The number of nitrogen functional groups attached to an aromatic ring is 1. The highest BCUT2D eigenvalue weighted by atomic mass is 19.1. The number of hydroxylamine groups is 2. The second-order valence-corrected chi connectivity index (χ2v) is 6.67. The fourth-order valence-electron chi connectivity index (χ4n) is 3.12. The van der Waals surface area contributed by atoms with Crippen LogP contribution in [0.4, 0.5) is 10.2 Å². The van der Waals surface area contributed by atoms with E-state index >= 15 is 4.39 Å². The van der Waals surface area contributed by atoms with Crippen LogP contribution in [0.1, 0.15) is 20.1 Å². The first kappa shape index (κ1) is 21.3. The molecule has 0 amide bonds. The lowest BCUT2D eigenvalue weighted by atomic mass is 9.98. The quantitative estimate of drug-likeness (QED) is 0.456. The maximum atomic E-state index is 15.4. The number of carbonyl (C=O) groups is 1. The number of alkyl halides is 1. The van der Waals surface area contributed by atoms with Crippen molar-refractivity contribution in [3.05, 3.63) is 12.7 Å². The normalized spacial score (nSPS) is 28.2. The summed E-state index contributed by atoms with van der Waals surface area (Å²) in [6.07, 6.45) is -1.33. The summed E-state index contributed by atoms with van der Waals surface area (Å²) in [5.41, 5.74) is 4.11. The SMILES string of the molecule is COC(=O)[C@H](C)N(OC)OC[C@H]1O[C@@H](n2cnc3c(N)ncnc32)[C@](C)(F)[C@@H]1O. The number of ether oxygens (including phenoxy) is 2. The highest BCUT2D eigenvalue weighted by Crippen LogP contribution is 2.42. The fraction of sp³-hybridized carbons (Fsp3) is 0.625. The first-order valence-corrected chi connectivity index (χ1v) is 8.71. The number of nitrogens with zero attached hydrogens (tertiary/aromatic N) is 5. The van der Waals surface area contributed by atoms with Crippen molar-refractivity contribution in [2.24, 2.45) is 0 Å². The van der Waals surface area contributed by atoms with Gasteiger partial charge in [0.1, 0.15) is 30.7 Å². The van der Waals surface area contributed by atoms with E-state index in [1.54, 1.807) is 0 Å². The molecule has 0 aromatic carbocycles. The number of anilines is 1. The molecule has 0 bridgehead atoms. The van der Waals surface area contributed by atoms with Crippen LogP contribution in [0.5, 0.6) is 0 Å². The van der Waals surface area contributed by atoms with Gasteiger partial charge in [0.2, 0.25) is 0 Å². The van der Waals surface area contributed by atoms with E-state index in [4.69, 9.17) is 20.1 Å². The fourth-order valence-corrected chi connectivity index (χ4v) is 3.12. The Morgan fingerprint density at radius 3 is 2.86 bits per heavy atom. The predicted molar refractivity (Wildman–Crippen MR) is 95.4 cm³/mol. The van der Waals surface area contributed by atoms with Gasteiger partial charge in [-0.2, -0.15) is 0 Å². The van der Waals surface area contributed by atoms with Gasteiger partial charge in [-0.1, -0.05) is 5.23 Å². The number of nitrogens with two attached hydrogens (primary N) is 1. The zero-order valence-corrected chi connectivity index (χ0v) is 16.4. The number of imidazole rings is 1. The molecule has 29 heavy (non-hydrogen) atoms. The Hall–Kier alpha value is -2.45. The molecule has 2 aromatic rings. The Bertz CT molecular complexity index is 879. The molecule has 12 nitrogen and oxygen atoms in total. The molecule has 1 aliphatic heterocycles. The number of hydrogen-bond acceptors (Lipinski definition) is 11. The maximum absolute atomic E-state index is 15.4. The van der Waals surface area contributed by atoms with Crippen molar-refractivity contribution in [3.63, 3.8) is 0 Å². The third-order valence-corrected chi connectivity index (χ3v) is 4.76. The molecule has 1 fully saturated rings. The van der Waals surface area contributed by atoms with E-state index in [1.807, 2.05) is 0 Å². The van der Waals surface area contributed by atoms with Crippen molar-refractivity contribution >= 4 is 23.0 Å². The van der Waals surface area contributed by atoms with E-state index in [9.17, 15) is 9.90 Å². The van der Waals surface area contributed by atoms with Gasteiger partial charge < -0.3 is 20.3 Å². The van der Waals surface area contributed by atoms with E-state index in [-0.39, 0.29) is 18.1 Å². The van der Waals surface area contributed by atoms with Crippen molar-refractivity contribution in [3.8, 4) is 0 Å². The Kier molecular flexibility index (Phi) is 5.95. The molecule has 0 unspecified atom stereocenters. The molecule has 2 aromatic heterocycles. The molecular formula is C16H23FN6O6. The molecule has 5 atom stereocenters. The Morgan fingerprint density at radius 2 is 2.21 bits per heavy atom. The molecule has 1 aliphatic rings. The third-order valence-electron chi connectivity index (χ3n) is 4.76. The zero-order valence-electron chi connectivity index (χ0n) is 16.4. The number of halogens is 1. The summed E-state index contributed by atoms with van der Waals surface area (Å²) >= 11 is 0. The molecule has 1 saturated heterocycles. The van der Waals surface area contributed by atoms with E-state index in [1.165, 1.54) is 45.3 Å². The predicted octanol–water partition coefficient (Wildman–Crippen LogP) is -0.248. The smallest absolute Gasteiger partial charge is 0.327 e. The minimum atomic E-state index is -2.20. The van der Waals surface area contributed by atoms with E-state index in [2.05, 4.69) is 19.7 Å². The minimum Gasteiger partial charge on any atom is -0.468 e. The summed E-state index contributed by atoms with van der Waals surface area (Å²) in [6, 6.07) is -0.895. The zero-order chi connectivity index (χ0) is 21.3. The summed E-state index contributed by atoms with van der Waals surface area (Å²) in [5.74, 6) is -0.463. The number of fused-ring (bicyclic) bond motifs is 1.